The lowest BCUT2D eigenvalue weighted by molar-refractivity contribution is -0.124. The van der Waals surface area contributed by atoms with Crippen LogP contribution in [0.4, 0.5) is 0 Å². The van der Waals surface area contributed by atoms with Crippen LogP contribution in [0.3, 0.4) is 0 Å². The normalized spacial score (nSPS) is 18.2. The van der Waals surface area contributed by atoms with Crippen LogP contribution in [0.2, 0.25) is 0 Å². The van der Waals surface area contributed by atoms with Gasteiger partial charge in [0.2, 0.25) is 5.91 Å². The van der Waals surface area contributed by atoms with Gasteiger partial charge < -0.3 is 10.4 Å². The fraction of sp³-hybridized carbons (Fsp3) is 0.500. The molecule has 1 saturated carbocycles. The van der Waals surface area contributed by atoms with Crippen LogP contribution in [0.15, 0.2) is 28.7 Å². The quantitative estimate of drug-likeness (QED) is 0.877. The molecule has 4 heteroatoms. The van der Waals surface area contributed by atoms with Gasteiger partial charge in [0.05, 0.1) is 11.5 Å². The smallest absolute Gasteiger partial charge is 0.230 e. The fourth-order valence-electron chi connectivity index (χ4n) is 2.06. The van der Waals surface area contributed by atoms with Gasteiger partial charge in [0.25, 0.3) is 0 Å². The van der Waals surface area contributed by atoms with E-state index in [0.717, 1.165) is 22.9 Å². The third kappa shape index (κ3) is 2.75. The molecule has 0 radical (unpaired) electrons. The highest BCUT2D eigenvalue weighted by molar-refractivity contribution is 9.10. The molecule has 3 nitrogen and oxygen atoms in total. The average Bonchev–Trinajstić information content (AvgIpc) is 3.17. The first kappa shape index (κ1) is 13.6. The molecular formula is C14H18BrNO2. The summed E-state index contributed by atoms with van der Waals surface area (Å²) < 4.78 is 1.02. The summed E-state index contributed by atoms with van der Waals surface area (Å²) in [7, 11) is 0. The number of rotatable bonds is 5. The summed E-state index contributed by atoms with van der Waals surface area (Å²) in [5.74, 6) is 0.0392. The van der Waals surface area contributed by atoms with Crippen molar-refractivity contribution in [1.29, 1.82) is 0 Å². The van der Waals surface area contributed by atoms with Crippen molar-refractivity contribution in [1.82, 2.24) is 5.32 Å². The molecule has 1 unspecified atom stereocenters. The molecule has 0 saturated heterocycles. The Hall–Kier alpha value is -0.870. The topological polar surface area (TPSA) is 49.3 Å². The fourth-order valence-corrected chi connectivity index (χ4v) is 2.33. The Morgan fingerprint density at radius 2 is 2.06 bits per heavy atom. The van der Waals surface area contributed by atoms with Crippen LogP contribution in [0.1, 0.15) is 31.7 Å². The number of aliphatic hydroxyl groups excluding tert-OH is 1. The van der Waals surface area contributed by atoms with Crippen molar-refractivity contribution in [2.45, 2.75) is 37.7 Å². The van der Waals surface area contributed by atoms with Gasteiger partial charge in [-0.1, -0.05) is 35.0 Å². The third-order valence-corrected chi connectivity index (χ3v) is 4.08. The molecule has 1 amide bonds. The van der Waals surface area contributed by atoms with E-state index in [1.54, 1.807) is 0 Å². The molecule has 1 fully saturated rings. The molecule has 1 aliphatic carbocycles. The number of nitrogens with one attached hydrogen (secondary N) is 1. The van der Waals surface area contributed by atoms with Crippen molar-refractivity contribution < 1.29 is 9.90 Å². The summed E-state index contributed by atoms with van der Waals surface area (Å²) in [6, 6.07) is 7.91. The Kier molecular flexibility index (Phi) is 4.07. The highest BCUT2D eigenvalue weighted by atomic mass is 79.9. The number of amides is 1. The lowest BCUT2D eigenvalue weighted by atomic mass is 9.95. The molecule has 0 aromatic heterocycles. The predicted molar refractivity (Wildman–Crippen MR) is 74.4 cm³/mol. The van der Waals surface area contributed by atoms with Crippen LogP contribution in [0.25, 0.3) is 0 Å². The summed E-state index contributed by atoms with van der Waals surface area (Å²) in [6.07, 6.45) is 1.99. The number of hydrogen-bond donors (Lipinski definition) is 2. The minimum absolute atomic E-state index is 0.0392. The summed E-state index contributed by atoms with van der Waals surface area (Å²) in [5, 5.41) is 12.3. The van der Waals surface area contributed by atoms with E-state index < -0.39 is 6.10 Å². The Bertz CT molecular complexity index is 426. The SMILES string of the molecule is CCC(O)CNC(=O)C1(c2ccc(Br)cc2)CC1. The Labute approximate surface area is 116 Å². The minimum atomic E-state index is -0.449. The second kappa shape index (κ2) is 5.41. The molecule has 1 atom stereocenters. The van der Waals surface area contributed by atoms with E-state index in [1.807, 2.05) is 31.2 Å². The zero-order valence-corrected chi connectivity index (χ0v) is 12.0. The van der Waals surface area contributed by atoms with E-state index in [1.165, 1.54) is 0 Å². The minimum Gasteiger partial charge on any atom is -0.391 e. The molecule has 1 aromatic carbocycles. The molecule has 0 bridgehead atoms. The first-order valence-corrected chi connectivity index (χ1v) is 7.10. The highest BCUT2D eigenvalue weighted by Gasteiger charge is 2.51. The molecule has 98 valence electrons. The first-order valence-electron chi connectivity index (χ1n) is 6.31. The molecule has 0 aliphatic heterocycles. The first-order chi connectivity index (χ1) is 8.58. The van der Waals surface area contributed by atoms with Gasteiger partial charge in [-0.3, -0.25) is 4.79 Å². The number of halogens is 1. The number of aliphatic hydroxyl groups is 1. The van der Waals surface area contributed by atoms with Crippen LogP contribution >= 0.6 is 15.9 Å². The van der Waals surface area contributed by atoms with E-state index in [2.05, 4.69) is 21.2 Å². The van der Waals surface area contributed by atoms with Crippen molar-refractivity contribution >= 4 is 21.8 Å². The number of benzene rings is 1. The van der Waals surface area contributed by atoms with Crippen LogP contribution in [0.5, 0.6) is 0 Å². The maximum Gasteiger partial charge on any atom is 0.230 e. The lowest BCUT2D eigenvalue weighted by Gasteiger charge is -2.17. The largest absolute Gasteiger partial charge is 0.391 e. The summed E-state index contributed by atoms with van der Waals surface area (Å²) in [4.78, 5) is 12.2. The van der Waals surface area contributed by atoms with E-state index in [0.29, 0.717) is 13.0 Å². The molecule has 0 spiro atoms. The van der Waals surface area contributed by atoms with Crippen LogP contribution in [-0.4, -0.2) is 23.7 Å². The maximum atomic E-state index is 12.2. The van der Waals surface area contributed by atoms with Crippen LogP contribution in [0, 0.1) is 0 Å². The van der Waals surface area contributed by atoms with Gasteiger partial charge in [-0.15, -0.1) is 0 Å². The van der Waals surface area contributed by atoms with E-state index in [4.69, 9.17) is 0 Å². The van der Waals surface area contributed by atoms with Gasteiger partial charge in [0.1, 0.15) is 0 Å². The van der Waals surface area contributed by atoms with Gasteiger partial charge in [0.15, 0.2) is 0 Å². The van der Waals surface area contributed by atoms with Gasteiger partial charge in [-0.25, -0.2) is 0 Å². The van der Waals surface area contributed by atoms with Gasteiger partial charge in [-0.05, 0) is 37.0 Å². The average molecular weight is 312 g/mol. The maximum absolute atomic E-state index is 12.2. The molecule has 2 rings (SSSR count). The molecule has 18 heavy (non-hydrogen) atoms. The highest BCUT2D eigenvalue weighted by Crippen LogP contribution is 2.48. The van der Waals surface area contributed by atoms with Crippen molar-refractivity contribution in [2.24, 2.45) is 0 Å². The van der Waals surface area contributed by atoms with Crippen molar-refractivity contribution in [3.05, 3.63) is 34.3 Å². The van der Waals surface area contributed by atoms with E-state index in [-0.39, 0.29) is 11.3 Å². The summed E-state index contributed by atoms with van der Waals surface area (Å²) in [6.45, 7) is 2.24. The number of hydrogen-bond acceptors (Lipinski definition) is 2. The van der Waals surface area contributed by atoms with Crippen molar-refractivity contribution in [3.63, 3.8) is 0 Å². The van der Waals surface area contributed by atoms with Gasteiger partial charge in [0, 0.05) is 11.0 Å². The summed E-state index contributed by atoms with van der Waals surface area (Å²) >= 11 is 3.40. The summed E-state index contributed by atoms with van der Waals surface area (Å²) in [5.41, 5.74) is 0.711. The monoisotopic (exact) mass is 311 g/mol. The standard InChI is InChI=1S/C14H18BrNO2/c1-2-12(17)9-16-13(18)14(7-8-14)10-3-5-11(15)6-4-10/h3-6,12,17H,2,7-9H2,1H3,(H,16,18). The molecular weight excluding hydrogens is 294 g/mol. The van der Waals surface area contributed by atoms with Crippen LogP contribution < -0.4 is 5.32 Å². The molecule has 0 heterocycles. The number of carbonyl (C=O) groups is 1. The zero-order valence-electron chi connectivity index (χ0n) is 10.4. The second-order valence-corrected chi connectivity index (χ2v) is 5.78. The van der Waals surface area contributed by atoms with E-state index >= 15 is 0 Å². The van der Waals surface area contributed by atoms with Crippen molar-refractivity contribution in [3.8, 4) is 0 Å². The molecule has 1 aromatic rings. The van der Waals surface area contributed by atoms with E-state index in [9.17, 15) is 9.90 Å². The Balaban J connectivity index is 2.03. The Morgan fingerprint density at radius 1 is 1.44 bits per heavy atom. The molecule has 2 N–H and O–H groups in total. The van der Waals surface area contributed by atoms with Crippen LogP contribution in [-0.2, 0) is 10.2 Å². The Morgan fingerprint density at radius 3 is 2.56 bits per heavy atom. The zero-order chi connectivity index (χ0) is 13.2. The number of carbonyl (C=O) groups excluding carboxylic acids is 1. The second-order valence-electron chi connectivity index (χ2n) is 4.86. The van der Waals surface area contributed by atoms with Gasteiger partial charge >= 0.3 is 0 Å². The third-order valence-electron chi connectivity index (χ3n) is 3.55. The molecule has 1 aliphatic rings. The van der Waals surface area contributed by atoms with Gasteiger partial charge in [-0.2, -0.15) is 0 Å². The van der Waals surface area contributed by atoms with Crippen molar-refractivity contribution in [2.75, 3.05) is 6.54 Å². The predicted octanol–water partition coefficient (Wildman–Crippen LogP) is 2.37. The lowest BCUT2D eigenvalue weighted by Crippen LogP contribution is -2.39.